The van der Waals surface area contributed by atoms with Gasteiger partial charge in [-0.2, -0.15) is 0 Å². The third-order valence-electron chi connectivity index (χ3n) is 3.39. The summed E-state index contributed by atoms with van der Waals surface area (Å²) in [5.41, 5.74) is 1.15. The van der Waals surface area contributed by atoms with Gasteiger partial charge in [0.25, 0.3) is 5.69 Å². The van der Waals surface area contributed by atoms with Gasteiger partial charge in [-0.05, 0) is 25.1 Å². The molecule has 2 rings (SSSR count). The maximum absolute atomic E-state index is 11.5. The number of aliphatic hydroxyl groups excluding tert-OH is 1. The molecule has 0 radical (unpaired) electrons. The largest absolute Gasteiger partial charge is 0.392 e. The Bertz CT molecular complexity index is 934. The minimum atomic E-state index is -0.594. The van der Waals surface area contributed by atoms with Crippen LogP contribution in [-0.4, -0.2) is 28.6 Å². The van der Waals surface area contributed by atoms with Gasteiger partial charge in [-0.25, -0.2) is 0 Å². The van der Waals surface area contributed by atoms with E-state index in [1.165, 1.54) is 31.2 Å². The van der Waals surface area contributed by atoms with E-state index < -0.39 is 11.0 Å². The number of halogens is 2. The Labute approximate surface area is 170 Å². The van der Waals surface area contributed by atoms with Crippen molar-refractivity contribution in [2.75, 3.05) is 17.2 Å². The lowest BCUT2D eigenvalue weighted by Gasteiger charge is -2.14. The van der Waals surface area contributed by atoms with Gasteiger partial charge in [0.1, 0.15) is 11.4 Å². The summed E-state index contributed by atoms with van der Waals surface area (Å²) in [5, 5.41) is 34.2. The topological polar surface area (TPSA) is 129 Å². The van der Waals surface area contributed by atoms with Crippen LogP contribution in [0.3, 0.4) is 0 Å². The normalized spacial score (nSPS) is 12.0. The van der Waals surface area contributed by atoms with Crippen molar-refractivity contribution >= 4 is 57.5 Å². The molecule has 28 heavy (non-hydrogen) atoms. The van der Waals surface area contributed by atoms with Crippen molar-refractivity contribution in [2.45, 2.75) is 20.0 Å². The second kappa shape index (κ2) is 9.45. The molecule has 9 nitrogen and oxygen atoms in total. The van der Waals surface area contributed by atoms with Crippen LogP contribution in [0, 0.1) is 10.1 Å². The van der Waals surface area contributed by atoms with Crippen LogP contribution in [0.4, 0.5) is 28.4 Å². The van der Waals surface area contributed by atoms with Crippen molar-refractivity contribution in [2.24, 2.45) is 10.2 Å². The van der Waals surface area contributed by atoms with Gasteiger partial charge in [0.15, 0.2) is 0 Å². The number of hydrogen-bond acceptors (Lipinski definition) is 7. The van der Waals surface area contributed by atoms with E-state index >= 15 is 0 Å². The molecular formula is C17H17Cl2N5O4. The molecule has 11 heteroatoms. The van der Waals surface area contributed by atoms with E-state index in [2.05, 4.69) is 20.9 Å². The average molecular weight is 426 g/mol. The highest BCUT2D eigenvalue weighted by Gasteiger charge is 2.12. The maximum Gasteiger partial charge on any atom is 0.271 e. The van der Waals surface area contributed by atoms with Crippen LogP contribution < -0.4 is 10.6 Å². The molecule has 2 aromatic rings. The molecule has 0 spiro atoms. The molecule has 0 aliphatic heterocycles. The second-order valence-electron chi connectivity index (χ2n) is 5.85. The van der Waals surface area contributed by atoms with E-state index in [4.69, 9.17) is 23.2 Å². The quantitative estimate of drug-likeness (QED) is 0.323. The smallest absolute Gasteiger partial charge is 0.271 e. The maximum atomic E-state index is 11.5. The van der Waals surface area contributed by atoms with E-state index in [0.717, 1.165) is 0 Å². The van der Waals surface area contributed by atoms with Gasteiger partial charge in [0.05, 0.1) is 32.4 Å². The third kappa shape index (κ3) is 5.88. The Hall–Kier alpha value is -2.75. The second-order valence-corrected chi connectivity index (χ2v) is 6.67. The molecule has 2 aromatic carbocycles. The van der Waals surface area contributed by atoms with Crippen LogP contribution in [0.15, 0.2) is 40.6 Å². The lowest BCUT2D eigenvalue weighted by Crippen LogP contribution is -2.16. The summed E-state index contributed by atoms with van der Waals surface area (Å²) in [6.07, 6.45) is -0.594. The van der Waals surface area contributed by atoms with E-state index in [9.17, 15) is 20.0 Å². The van der Waals surface area contributed by atoms with E-state index in [0.29, 0.717) is 16.4 Å². The van der Waals surface area contributed by atoms with Gasteiger partial charge >= 0.3 is 0 Å². The molecule has 0 saturated carbocycles. The predicted molar refractivity (Wildman–Crippen MR) is 108 cm³/mol. The highest BCUT2D eigenvalue weighted by molar-refractivity contribution is 6.34. The molecule has 0 saturated heterocycles. The summed E-state index contributed by atoms with van der Waals surface area (Å²) in [6, 6.07) is 6.84. The van der Waals surface area contributed by atoms with Gasteiger partial charge in [-0.1, -0.05) is 23.2 Å². The van der Waals surface area contributed by atoms with Crippen LogP contribution >= 0.6 is 23.2 Å². The number of carbonyl (C=O) groups excluding carboxylic acids is 1. The Morgan fingerprint density at radius 2 is 1.86 bits per heavy atom. The standard InChI is InChI=1S/C17H17Cl2N5O4/c1-9(25)8-20-15-7-16(21-10(2)26)17(6-13(15)19)23-22-14-4-3-11(24(27)28)5-12(14)18/h3-7,9,20,25H,8H2,1-2H3,(H,21,26)/t9-/m1/s1. The lowest BCUT2D eigenvalue weighted by molar-refractivity contribution is -0.384. The first kappa shape index (κ1) is 21.5. The molecule has 3 N–H and O–H groups in total. The number of hydrogen-bond donors (Lipinski definition) is 3. The summed E-state index contributed by atoms with van der Waals surface area (Å²) < 4.78 is 0. The van der Waals surface area contributed by atoms with Crippen LogP contribution in [0.1, 0.15) is 13.8 Å². The predicted octanol–water partition coefficient (Wildman–Crippen LogP) is 5.07. The number of nitrogens with one attached hydrogen (secondary N) is 2. The number of aliphatic hydroxyl groups is 1. The van der Waals surface area contributed by atoms with Gasteiger partial charge in [0, 0.05) is 25.6 Å². The molecule has 148 valence electrons. The van der Waals surface area contributed by atoms with Gasteiger partial charge in [-0.15, -0.1) is 10.2 Å². The van der Waals surface area contributed by atoms with Crippen LogP contribution in [0.2, 0.25) is 10.0 Å². The summed E-state index contributed by atoms with van der Waals surface area (Å²) in [5.74, 6) is -0.325. The lowest BCUT2D eigenvalue weighted by atomic mass is 10.2. The third-order valence-corrected chi connectivity index (χ3v) is 4.01. The van der Waals surface area contributed by atoms with Crippen molar-refractivity contribution in [3.63, 3.8) is 0 Å². The first-order chi connectivity index (χ1) is 13.2. The highest BCUT2D eigenvalue weighted by atomic mass is 35.5. The Morgan fingerprint density at radius 3 is 2.43 bits per heavy atom. The molecule has 0 aliphatic rings. The minimum Gasteiger partial charge on any atom is -0.392 e. The fourth-order valence-corrected chi connectivity index (χ4v) is 2.56. The number of anilines is 2. The van der Waals surface area contributed by atoms with Crippen molar-refractivity contribution in [3.05, 3.63) is 50.5 Å². The first-order valence-electron chi connectivity index (χ1n) is 8.06. The number of nitro groups is 1. The van der Waals surface area contributed by atoms with Gasteiger partial charge in [0.2, 0.25) is 5.91 Å². The first-order valence-corrected chi connectivity index (χ1v) is 8.81. The van der Waals surface area contributed by atoms with Crippen LogP contribution in [-0.2, 0) is 4.79 Å². The molecule has 1 atom stereocenters. The Kier molecular flexibility index (Phi) is 7.27. The zero-order valence-corrected chi connectivity index (χ0v) is 16.5. The number of nitrogens with zero attached hydrogens (tertiary/aromatic N) is 3. The number of azo groups is 1. The molecule has 0 fully saturated rings. The van der Waals surface area contributed by atoms with E-state index in [1.54, 1.807) is 13.0 Å². The summed E-state index contributed by atoms with van der Waals surface area (Å²) in [6.45, 7) is 3.22. The van der Waals surface area contributed by atoms with Crippen molar-refractivity contribution in [1.82, 2.24) is 0 Å². The van der Waals surface area contributed by atoms with Crippen LogP contribution in [0.5, 0.6) is 0 Å². The number of nitro benzene ring substituents is 1. The Balaban J connectivity index is 2.37. The zero-order valence-electron chi connectivity index (χ0n) is 14.9. The number of benzene rings is 2. The summed E-state index contributed by atoms with van der Waals surface area (Å²) >= 11 is 12.2. The molecular weight excluding hydrogens is 409 g/mol. The number of carbonyl (C=O) groups is 1. The monoisotopic (exact) mass is 425 g/mol. The van der Waals surface area contributed by atoms with Crippen LogP contribution in [0.25, 0.3) is 0 Å². The zero-order chi connectivity index (χ0) is 20.8. The van der Waals surface area contributed by atoms with Gasteiger partial charge < -0.3 is 15.7 Å². The Morgan fingerprint density at radius 1 is 1.18 bits per heavy atom. The minimum absolute atomic E-state index is 0.0559. The SMILES string of the molecule is CC(=O)Nc1cc(NC[C@@H](C)O)c(Cl)cc1N=Nc1ccc([N+](=O)[O-])cc1Cl. The number of amides is 1. The number of rotatable bonds is 7. The molecule has 0 heterocycles. The van der Waals surface area contributed by atoms with Crippen molar-refractivity contribution in [3.8, 4) is 0 Å². The molecule has 0 aromatic heterocycles. The van der Waals surface area contributed by atoms with Crippen molar-refractivity contribution in [1.29, 1.82) is 0 Å². The summed E-state index contributed by atoms with van der Waals surface area (Å²) in [4.78, 5) is 21.7. The highest BCUT2D eigenvalue weighted by Crippen LogP contribution is 2.37. The summed E-state index contributed by atoms with van der Waals surface area (Å²) in [7, 11) is 0. The molecule has 0 unspecified atom stereocenters. The fourth-order valence-electron chi connectivity index (χ4n) is 2.13. The molecule has 0 aliphatic carbocycles. The molecule has 1 amide bonds. The molecule has 0 bridgehead atoms. The number of non-ortho nitro benzene ring substituents is 1. The van der Waals surface area contributed by atoms with E-state index in [1.807, 2.05) is 0 Å². The average Bonchev–Trinajstić information content (AvgIpc) is 2.60. The van der Waals surface area contributed by atoms with Gasteiger partial charge in [-0.3, -0.25) is 14.9 Å². The van der Waals surface area contributed by atoms with Crippen molar-refractivity contribution < 1.29 is 14.8 Å². The van der Waals surface area contributed by atoms with E-state index in [-0.39, 0.29) is 34.5 Å². The fraction of sp³-hybridized carbons (Fsp3) is 0.235.